The molecule has 0 spiro atoms. The number of anilines is 4. The molecule has 3 aromatic rings. The standard InChI is InChI=1S/C21H21ClN4O/c1-14-12-15(22)4-10-19(14)25-21(27)20-11-7-17(13-23-20)24-16-5-8-18(9-6-16)26(2)3/h4-13,24H,1-3H3,(H,25,27). The Hall–Kier alpha value is -3.05. The van der Waals surface area contributed by atoms with Crippen LogP contribution in [0.15, 0.2) is 60.8 Å². The fraction of sp³-hybridized carbons (Fsp3) is 0.143. The van der Waals surface area contributed by atoms with Crippen LogP contribution in [0.2, 0.25) is 5.02 Å². The van der Waals surface area contributed by atoms with E-state index in [0.717, 1.165) is 28.3 Å². The largest absolute Gasteiger partial charge is 0.378 e. The van der Waals surface area contributed by atoms with Gasteiger partial charge in [0, 0.05) is 36.2 Å². The van der Waals surface area contributed by atoms with Gasteiger partial charge >= 0.3 is 0 Å². The summed E-state index contributed by atoms with van der Waals surface area (Å²) >= 11 is 5.94. The number of hydrogen-bond donors (Lipinski definition) is 2. The van der Waals surface area contributed by atoms with E-state index in [4.69, 9.17) is 11.6 Å². The molecule has 0 saturated heterocycles. The van der Waals surface area contributed by atoms with Gasteiger partial charge in [-0.15, -0.1) is 0 Å². The van der Waals surface area contributed by atoms with Gasteiger partial charge in [0.2, 0.25) is 0 Å². The second-order valence-corrected chi connectivity index (χ2v) is 6.85. The van der Waals surface area contributed by atoms with Crippen molar-refractivity contribution in [2.45, 2.75) is 6.92 Å². The van der Waals surface area contributed by atoms with Gasteiger partial charge < -0.3 is 15.5 Å². The Morgan fingerprint density at radius 3 is 2.30 bits per heavy atom. The molecule has 0 fully saturated rings. The van der Waals surface area contributed by atoms with E-state index in [0.29, 0.717) is 10.7 Å². The molecule has 27 heavy (non-hydrogen) atoms. The molecule has 5 nitrogen and oxygen atoms in total. The molecule has 6 heteroatoms. The van der Waals surface area contributed by atoms with Crippen molar-refractivity contribution < 1.29 is 4.79 Å². The highest BCUT2D eigenvalue weighted by atomic mass is 35.5. The first-order valence-electron chi connectivity index (χ1n) is 8.50. The summed E-state index contributed by atoms with van der Waals surface area (Å²) in [6.45, 7) is 1.89. The Kier molecular flexibility index (Phi) is 5.62. The quantitative estimate of drug-likeness (QED) is 0.646. The highest BCUT2D eigenvalue weighted by Gasteiger charge is 2.09. The minimum absolute atomic E-state index is 0.262. The number of aryl methyl sites for hydroxylation is 1. The second-order valence-electron chi connectivity index (χ2n) is 6.41. The normalized spacial score (nSPS) is 10.4. The number of carbonyl (C=O) groups is 1. The number of rotatable bonds is 5. The van der Waals surface area contributed by atoms with Gasteiger partial charge in [0.1, 0.15) is 5.69 Å². The number of benzene rings is 2. The van der Waals surface area contributed by atoms with Crippen molar-refractivity contribution in [2.24, 2.45) is 0 Å². The molecule has 138 valence electrons. The van der Waals surface area contributed by atoms with Crippen molar-refractivity contribution in [3.05, 3.63) is 77.1 Å². The summed E-state index contributed by atoms with van der Waals surface area (Å²) in [4.78, 5) is 18.7. The molecule has 1 amide bonds. The van der Waals surface area contributed by atoms with Gasteiger partial charge in [-0.25, -0.2) is 4.98 Å². The summed E-state index contributed by atoms with van der Waals surface area (Å²) in [5, 5.41) is 6.77. The van der Waals surface area contributed by atoms with Crippen LogP contribution in [-0.4, -0.2) is 25.0 Å². The van der Waals surface area contributed by atoms with Gasteiger partial charge in [0.25, 0.3) is 5.91 Å². The van der Waals surface area contributed by atoms with Crippen LogP contribution in [0.3, 0.4) is 0 Å². The first-order valence-corrected chi connectivity index (χ1v) is 8.88. The van der Waals surface area contributed by atoms with Crippen molar-refractivity contribution in [3.8, 4) is 0 Å². The third-order valence-corrected chi connectivity index (χ3v) is 4.34. The molecule has 2 aromatic carbocycles. The Bertz CT molecular complexity index is 937. The van der Waals surface area contributed by atoms with Gasteiger partial charge in [-0.05, 0) is 67.1 Å². The molecular weight excluding hydrogens is 360 g/mol. The number of pyridine rings is 1. The van der Waals surface area contributed by atoms with Crippen molar-refractivity contribution in [1.82, 2.24) is 4.98 Å². The van der Waals surface area contributed by atoms with Gasteiger partial charge in [0.15, 0.2) is 0 Å². The molecule has 0 aliphatic heterocycles. The van der Waals surface area contributed by atoms with Crippen LogP contribution in [0.25, 0.3) is 0 Å². The number of nitrogens with zero attached hydrogens (tertiary/aromatic N) is 2. The van der Waals surface area contributed by atoms with Crippen LogP contribution < -0.4 is 15.5 Å². The lowest BCUT2D eigenvalue weighted by Gasteiger charge is -2.13. The number of nitrogens with one attached hydrogen (secondary N) is 2. The van der Waals surface area contributed by atoms with Crippen LogP contribution in [0.5, 0.6) is 0 Å². The van der Waals surface area contributed by atoms with Crippen molar-refractivity contribution in [2.75, 3.05) is 29.6 Å². The average Bonchev–Trinajstić information content (AvgIpc) is 2.65. The lowest BCUT2D eigenvalue weighted by Crippen LogP contribution is -2.14. The van der Waals surface area contributed by atoms with E-state index in [1.165, 1.54) is 0 Å². The lowest BCUT2D eigenvalue weighted by atomic mass is 10.2. The zero-order chi connectivity index (χ0) is 19.4. The first kappa shape index (κ1) is 18.7. The van der Waals surface area contributed by atoms with Gasteiger partial charge in [0.05, 0.1) is 11.9 Å². The number of carbonyl (C=O) groups excluding carboxylic acids is 1. The fourth-order valence-corrected chi connectivity index (χ4v) is 2.79. The Morgan fingerprint density at radius 2 is 1.70 bits per heavy atom. The fourth-order valence-electron chi connectivity index (χ4n) is 2.57. The molecule has 0 aliphatic rings. The molecule has 0 bridgehead atoms. The summed E-state index contributed by atoms with van der Waals surface area (Å²) in [5.41, 5.74) is 4.86. The molecule has 1 heterocycles. The van der Waals surface area contributed by atoms with E-state index in [1.807, 2.05) is 56.3 Å². The van der Waals surface area contributed by atoms with E-state index in [-0.39, 0.29) is 5.91 Å². The van der Waals surface area contributed by atoms with Crippen LogP contribution in [0, 0.1) is 6.92 Å². The van der Waals surface area contributed by atoms with Crippen LogP contribution >= 0.6 is 11.6 Å². The summed E-state index contributed by atoms with van der Waals surface area (Å²) in [6.07, 6.45) is 1.64. The molecule has 0 atom stereocenters. The first-order chi connectivity index (χ1) is 12.9. The van der Waals surface area contributed by atoms with Gasteiger partial charge in [-0.3, -0.25) is 4.79 Å². The second kappa shape index (κ2) is 8.10. The summed E-state index contributed by atoms with van der Waals surface area (Å²) < 4.78 is 0. The minimum atomic E-state index is -0.262. The molecule has 0 radical (unpaired) electrons. The van der Waals surface area contributed by atoms with Crippen LogP contribution in [-0.2, 0) is 0 Å². The predicted molar refractivity (Wildman–Crippen MR) is 112 cm³/mol. The minimum Gasteiger partial charge on any atom is -0.378 e. The predicted octanol–water partition coefficient (Wildman–Crippen LogP) is 5.11. The average molecular weight is 381 g/mol. The molecule has 1 aromatic heterocycles. The Labute approximate surface area is 164 Å². The number of aromatic nitrogens is 1. The van der Waals surface area contributed by atoms with Crippen LogP contribution in [0.1, 0.15) is 16.1 Å². The summed E-state index contributed by atoms with van der Waals surface area (Å²) in [6, 6.07) is 16.9. The lowest BCUT2D eigenvalue weighted by molar-refractivity contribution is 0.102. The molecule has 0 aliphatic carbocycles. The van der Waals surface area contributed by atoms with Crippen LogP contribution in [0.4, 0.5) is 22.7 Å². The molecule has 3 rings (SSSR count). The Morgan fingerprint density at radius 1 is 1.00 bits per heavy atom. The SMILES string of the molecule is Cc1cc(Cl)ccc1NC(=O)c1ccc(Nc2ccc(N(C)C)cc2)cn1. The van der Waals surface area contributed by atoms with Gasteiger partial charge in [-0.1, -0.05) is 11.6 Å². The smallest absolute Gasteiger partial charge is 0.274 e. The van der Waals surface area contributed by atoms with E-state index >= 15 is 0 Å². The van der Waals surface area contributed by atoms with Crippen molar-refractivity contribution in [3.63, 3.8) is 0 Å². The third kappa shape index (κ3) is 4.77. The molecule has 0 saturated carbocycles. The van der Waals surface area contributed by atoms with Gasteiger partial charge in [-0.2, -0.15) is 0 Å². The highest BCUT2D eigenvalue weighted by Crippen LogP contribution is 2.21. The maximum Gasteiger partial charge on any atom is 0.274 e. The number of hydrogen-bond acceptors (Lipinski definition) is 4. The molecular formula is C21H21ClN4O. The zero-order valence-corrected chi connectivity index (χ0v) is 16.2. The molecule has 2 N–H and O–H groups in total. The number of halogens is 1. The molecule has 0 unspecified atom stereocenters. The number of amides is 1. The van der Waals surface area contributed by atoms with E-state index < -0.39 is 0 Å². The maximum absolute atomic E-state index is 12.4. The maximum atomic E-state index is 12.4. The summed E-state index contributed by atoms with van der Waals surface area (Å²) in [5.74, 6) is -0.262. The third-order valence-electron chi connectivity index (χ3n) is 4.11. The van der Waals surface area contributed by atoms with E-state index in [9.17, 15) is 4.79 Å². The zero-order valence-electron chi connectivity index (χ0n) is 15.5. The van der Waals surface area contributed by atoms with E-state index in [1.54, 1.807) is 30.5 Å². The highest BCUT2D eigenvalue weighted by molar-refractivity contribution is 6.30. The monoisotopic (exact) mass is 380 g/mol. The van der Waals surface area contributed by atoms with Crippen molar-refractivity contribution >= 4 is 40.3 Å². The Balaban J connectivity index is 1.66. The van der Waals surface area contributed by atoms with E-state index in [2.05, 4.69) is 15.6 Å². The summed E-state index contributed by atoms with van der Waals surface area (Å²) in [7, 11) is 4.00. The van der Waals surface area contributed by atoms with Crippen molar-refractivity contribution in [1.29, 1.82) is 0 Å². The topological polar surface area (TPSA) is 57.3 Å².